The van der Waals surface area contributed by atoms with Gasteiger partial charge in [-0.3, -0.25) is 14.6 Å². The zero-order valence-corrected chi connectivity index (χ0v) is 21.7. The molecule has 0 spiro atoms. The number of Topliss-reactive ketones (excluding diaryl/α,β-unsaturated/α-hetero) is 1. The fraction of sp³-hybridized carbons (Fsp3) is 0.367. The number of nitrogens with zero attached hydrogens (tertiary/aromatic N) is 1. The Kier molecular flexibility index (Phi) is 11.0. The van der Waals surface area contributed by atoms with E-state index >= 15 is 0 Å². The quantitative estimate of drug-likeness (QED) is 0.208. The highest BCUT2D eigenvalue weighted by molar-refractivity contribution is 5.97. The minimum absolute atomic E-state index is 0.00619. The molecule has 7 nitrogen and oxygen atoms in total. The second-order valence-corrected chi connectivity index (χ2v) is 8.90. The molecule has 0 unspecified atom stereocenters. The molecular formula is C30H36N2O5. The highest BCUT2D eigenvalue weighted by Crippen LogP contribution is 2.33. The highest BCUT2D eigenvalue weighted by Gasteiger charge is 2.16. The third-order valence-corrected chi connectivity index (χ3v) is 5.93. The maximum atomic E-state index is 12.5. The molecule has 1 aromatic heterocycles. The van der Waals surface area contributed by atoms with Gasteiger partial charge in [0.05, 0.1) is 18.8 Å². The largest absolute Gasteiger partial charge is 0.507 e. The minimum atomic E-state index is -0.174. The minimum Gasteiger partial charge on any atom is -0.507 e. The van der Waals surface area contributed by atoms with E-state index in [1.165, 1.54) is 12.5 Å². The molecule has 0 saturated carbocycles. The van der Waals surface area contributed by atoms with Crippen molar-refractivity contribution >= 4 is 11.7 Å². The maximum absolute atomic E-state index is 12.5. The lowest BCUT2D eigenvalue weighted by atomic mass is 10.0. The van der Waals surface area contributed by atoms with E-state index in [2.05, 4.69) is 16.4 Å². The molecular weight excluding hydrogens is 468 g/mol. The summed E-state index contributed by atoms with van der Waals surface area (Å²) in [7, 11) is 0. The molecule has 0 aliphatic rings. The number of ether oxygens (including phenoxy) is 2. The molecule has 0 aliphatic carbocycles. The summed E-state index contributed by atoms with van der Waals surface area (Å²) in [5.74, 6) is 0.925. The van der Waals surface area contributed by atoms with Crippen LogP contribution in [0.4, 0.5) is 0 Å². The number of phenols is 1. The Bertz CT molecular complexity index is 1160. The molecule has 7 heteroatoms. The van der Waals surface area contributed by atoms with E-state index in [0.29, 0.717) is 60.8 Å². The Hall–Kier alpha value is -3.87. The van der Waals surface area contributed by atoms with E-state index in [1.54, 1.807) is 36.5 Å². The van der Waals surface area contributed by atoms with Crippen molar-refractivity contribution in [3.05, 3.63) is 83.2 Å². The molecule has 0 atom stereocenters. The Morgan fingerprint density at radius 2 is 1.81 bits per heavy atom. The van der Waals surface area contributed by atoms with Crippen LogP contribution in [0.15, 0.2) is 60.9 Å². The molecule has 37 heavy (non-hydrogen) atoms. The van der Waals surface area contributed by atoms with Gasteiger partial charge in [-0.15, -0.1) is 0 Å². The molecule has 0 aliphatic heterocycles. The number of amides is 1. The predicted octanol–water partition coefficient (Wildman–Crippen LogP) is 5.54. The smallest absolute Gasteiger partial charge is 0.251 e. The van der Waals surface area contributed by atoms with Crippen molar-refractivity contribution in [1.82, 2.24) is 10.3 Å². The van der Waals surface area contributed by atoms with Gasteiger partial charge in [-0.05, 0) is 74.6 Å². The molecule has 2 aromatic carbocycles. The number of carbonyl (C=O) groups is 2. The van der Waals surface area contributed by atoms with Crippen LogP contribution >= 0.6 is 0 Å². The third-order valence-electron chi connectivity index (χ3n) is 5.93. The summed E-state index contributed by atoms with van der Waals surface area (Å²) in [5.41, 5.74) is 2.74. The Morgan fingerprint density at radius 1 is 0.973 bits per heavy atom. The monoisotopic (exact) mass is 504 g/mol. The summed E-state index contributed by atoms with van der Waals surface area (Å²) < 4.78 is 11.7. The van der Waals surface area contributed by atoms with Gasteiger partial charge in [-0.2, -0.15) is 0 Å². The van der Waals surface area contributed by atoms with Crippen LogP contribution in [0.3, 0.4) is 0 Å². The van der Waals surface area contributed by atoms with Crippen molar-refractivity contribution in [1.29, 1.82) is 0 Å². The van der Waals surface area contributed by atoms with E-state index in [-0.39, 0.29) is 17.4 Å². The lowest BCUT2D eigenvalue weighted by molar-refractivity contribution is 0.0951. The van der Waals surface area contributed by atoms with Crippen molar-refractivity contribution < 1.29 is 24.2 Å². The molecule has 3 rings (SSSR count). The number of rotatable bonds is 15. The number of aromatic hydroxyl groups is 1. The summed E-state index contributed by atoms with van der Waals surface area (Å²) >= 11 is 0. The van der Waals surface area contributed by atoms with E-state index in [4.69, 9.17) is 9.47 Å². The number of unbranched alkanes of at least 4 members (excludes halogenated alkanes) is 1. The van der Waals surface area contributed by atoms with Gasteiger partial charge in [0.25, 0.3) is 5.91 Å². The normalized spacial score (nSPS) is 10.6. The standard InChI is InChI=1S/C30H36N2O5/c1-3-9-27-28(15-14-26(22(2)33)29(27)34)37-19-8-18-36-25-13-6-12-24(20-25)30(35)32-17-5-4-10-23-11-7-16-31-21-23/h6-7,11-16,20-21,34H,3-5,8-10,17-19H2,1-2H3,(H,32,35). The molecule has 1 heterocycles. The average Bonchev–Trinajstić information content (AvgIpc) is 2.90. The lowest BCUT2D eigenvalue weighted by Crippen LogP contribution is -2.24. The van der Waals surface area contributed by atoms with E-state index in [9.17, 15) is 14.7 Å². The lowest BCUT2D eigenvalue weighted by Gasteiger charge is -2.15. The maximum Gasteiger partial charge on any atom is 0.251 e. The van der Waals surface area contributed by atoms with Crippen LogP contribution in [0.25, 0.3) is 0 Å². The number of aromatic nitrogens is 1. The summed E-state index contributed by atoms with van der Waals surface area (Å²) in [4.78, 5) is 28.3. The van der Waals surface area contributed by atoms with Gasteiger partial charge in [-0.25, -0.2) is 0 Å². The Morgan fingerprint density at radius 3 is 2.57 bits per heavy atom. The van der Waals surface area contributed by atoms with Crippen LogP contribution in [0.1, 0.15) is 71.4 Å². The number of hydrogen-bond donors (Lipinski definition) is 2. The van der Waals surface area contributed by atoms with Crippen molar-refractivity contribution in [2.75, 3.05) is 19.8 Å². The number of benzene rings is 2. The summed E-state index contributed by atoms with van der Waals surface area (Å²) in [6.07, 6.45) is 8.53. The fourth-order valence-electron chi connectivity index (χ4n) is 3.99. The SMILES string of the molecule is CCCc1c(OCCCOc2cccc(C(=O)NCCCCc3cccnc3)c2)ccc(C(C)=O)c1O. The van der Waals surface area contributed by atoms with Gasteiger partial charge < -0.3 is 19.9 Å². The number of aryl methyl sites for hydroxylation is 1. The zero-order chi connectivity index (χ0) is 26.5. The first-order chi connectivity index (χ1) is 18.0. The van der Waals surface area contributed by atoms with Crippen LogP contribution in [0.2, 0.25) is 0 Å². The molecule has 196 valence electrons. The number of ketones is 1. The first-order valence-corrected chi connectivity index (χ1v) is 12.9. The van der Waals surface area contributed by atoms with Gasteiger partial charge in [-0.1, -0.05) is 25.5 Å². The summed E-state index contributed by atoms with van der Waals surface area (Å²) in [5, 5.41) is 13.4. The zero-order valence-electron chi connectivity index (χ0n) is 21.7. The predicted molar refractivity (Wildman–Crippen MR) is 144 cm³/mol. The fourth-order valence-corrected chi connectivity index (χ4v) is 3.99. The molecule has 0 radical (unpaired) electrons. The molecule has 1 amide bonds. The number of carbonyl (C=O) groups excluding carboxylic acids is 2. The van der Waals surface area contributed by atoms with Gasteiger partial charge in [0.15, 0.2) is 5.78 Å². The number of nitrogens with one attached hydrogen (secondary N) is 1. The first kappa shape index (κ1) is 27.7. The van der Waals surface area contributed by atoms with E-state index in [0.717, 1.165) is 25.7 Å². The number of hydrogen-bond acceptors (Lipinski definition) is 6. The van der Waals surface area contributed by atoms with Crippen LogP contribution in [-0.2, 0) is 12.8 Å². The van der Waals surface area contributed by atoms with Crippen molar-refractivity contribution in [3.63, 3.8) is 0 Å². The van der Waals surface area contributed by atoms with Crippen molar-refractivity contribution in [2.24, 2.45) is 0 Å². The third kappa shape index (κ3) is 8.63. The highest BCUT2D eigenvalue weighted by atomic mass is 16.5. The van der Waals surface area contributed by atoms with Gasteiger partial charge in [0.2, 0.25) is 0 Å². The molecule has 0 bridgehead atoms. The van der Waals surface area contributed by atoms with Crippen LogP contribution in [-0.4, -0.2) is 41.5 Å². The van der Waals surface area contributed by atoms with Gasteiger partial charge >= 0.3 is 0 Å². The van der Waals surface area contributed by atoms with E-state index < -0.39 is 0 Å². The topological polar surface area (TPSA) is 97.8 Å². The molecule has 2 N–H and O–H groups in total. The van der Waals surface area contributed by atoms with Crippen LogP contribution in [0, 0.1) is 0 Å². The summed E-state index contributed by atoms with van der Waals surface area (Å²) in [6, 6.07) is 14.5. The van der Waals surface area contributed by atoms with Crippen molar-refractivity contribution in [2.45, 2.75) is 52.4 Å². The van der Waals surface area contributed by atoms with Gasteiger partial charge in [0, 0.05) is 36.5 Å². The number of phenolic OH excluding ortho intramolecular Hbond substituents is 1. The second kappa shape index (κ2) is 14.6. The molecule has 3 aromatic rings. The van der Waals surface area contributed by atoms with Crippen LogP contribution < -0.4 is 14.8 Å². The van der Waals surface area contributed by atoms with Crippen LogP contribution in [0.5, 0.6) is 17.2 Å². The second-order valence-electron chi connectivity index (χ2n) is 8.90. The van der Waals surface area contributed by atoms with Crippen molar-refractivity contribution in [3.8, 4) is 17.2 Å². The molecule has 0 saturated heterocycles. The molecule has 0 fully saturated rings. The number of pyridine rings is 1. The van der Waals surface area contributed by atoms with E-state index in [1.807, 2.05) is 25.3 Å². The van der Waals surface area contributed by atoms with Gasteiger partial charge in [0.1, 0.15) is 17.2 Å². The average molecular weight is 505 g/mol. The Balaban J connectivity index is 1.40. The first-order valence-electron chi connectivity index (χ1n) is 12.9. The Labute approximate surface area is 218 Å². The summed E-state index contributed by atoms with van der Waals surface area (Å²) in [6.45, 7) is 4.88.